The van der Waals surface area contributed by atoms with Crippen LogP contribution in [0.2, 0.25) is 5.02 Å². The van der Waals surface area contributed by atoms with Crippen LogP contribution in [-0.2, 0) is 5.88 Å². The minimum Gasteiger partial charge on any atom is -0.495 e. The molecule has 0 atom stereocenters. The van der Waals surface area contributed by atoms with Gasteiger partial charge in [-0.15, -0.1) is 11.6 Å². The fourth-order valence-corrected chi connectivity index (χ4v) is 2.49. The van der Waals surface area contributed by atoms with Crippen molar-refractivity contribution in [3.63, 3.8) is 0 Å². The summed E-state index contributed by atoms with van der Waals surface area (Å²) in [5.41, 5.74) is 2.28. The van der Waals surface area contributed by atoms with E-state index in [0.29, 0.717) is 16.6 Å². The van der Waals surface area contributed by atoms with Crippen LogP contribution in [0.3, 0.4) is 0 Å². The summed E-state index contributed by atoms with van der Waals surface area (Å²) in [6.07, 6.45) is 1.72. The minimum absolute atomic E-state index is 0.270. The second-order valence-corrected chi connectivity index (χ2v) is 4.86. The molecule has 0 unspecified atom stereocenters. The molecule has 0 spiro atoms. The number of ether oxygens (including phenoxy) is 1. The number of aromatic nitrogens is 3. The summed E-state index contributed by atoms with van der Waals surface area (Å²) in [6.45, 7) is 0. The first-order valence-corrected chi connectivity index (χ1v) is 6.88. The number of fused-ring (bicyclic) bond motifs is 1. The molecular weight excluding hydrogens is 297 g/mol. The van der Waals surface area contributed by atoms with Crippen molar-refractivity contribution in [3.05, 3.63) is 47.4 Å². The third kappa shape index (κ3) is 2.11. The van der Waals surface area contributed by atoms with Gasteiger partial charge in [0.2, 0.25) is 0 Å². The molecule has 0 aliphatic heterocycles. The van der Waals surface area contributed by atoms with Crippen molar-refractivity contribution in [1.82, 2.24) is 14.5 Å². The Morgan fingerprint density at radius 1 is 1.30 bits per heavy atom. The molecule has 0 radical (unpaired) electrons. The van der Waals surface area contributed by atoms with Crippen molar-refractivity contribution in [2.75, 3.05) is 7.11 Å². The molecule has 0 N–H and O–H groups in total. The maximum atomic E-state index is 6.09. The van der Waals surface area contributed by atoms with Crippen LogP contribution in [0.15, 0.2) is 36.5 Å². The molecule has 0 saturated heterocycles. The predicted molar refractivity (Wildman–Crippen MR) is 80.0 cm³/mol. The predicted octanol–water partition coefficient (Wildman–Crippen LogP) is 3.82. The van der Waals surface area contributed by atoms with Gasteiger partial charge in [0.05, 0.1) is 18.7 Å². The summed E-state index contributed by atoms with van der Waals surface area (Å²) < 4.78 is 7.26. The third-order valence-corrected chi connectivity index (χ3v) is 3.46. The van der Waals surface area contributed by atoms with Gasteiger partial charge in [-0.2, -0.15) is 0 Å². The van der Waals surface area contributed by atoms with E-state index >= 15 is 0 Å². The number of rotatable bonds is 3. The summed E-state index contributed by atoms with van der Waals surface area (Å²) in [6, 6.07) is 9.13. The van der Waals surface area contributed by atoms with E-state index in [0.717, 1.165) is 16.9 Å². The number of halogens is 2. The van der Waals surface area contributed by atoms with E-state index in [-0.39, 0.29) is 5.88 Å². The highest BCUT2D eigenvalue weighted by molar-refractivity contribution is 6.30. The number of imidazole rings is 1. The van der Waals surface area contributed by atoms with Crippen LogP contribution in [-0.4, -0.2) is 21.6 Å². The van der Waals surface area contributed by atoms with Gasteiger partial charge in [-0.05, 0) is 30.3 Å². The SMILES string of the molecule is COc1ccc(Cl)cc1-n1c(CCl)nc2cccnc21. The Bertz CT molecular complexity index is 770. The quantitative estimate of drug-likeness (QED) is 0.691. The van der Waals surface area contributed by atoms with Crippen molar-refractivity contribution in [2.45, 2.75) is 5.88 Å². The van der Waals surface area contributed by atoms with Gasteiger partial charge in [0.1, 0.15) is 17.1 Å². The maximum Gasteiger partial charge on any atom is 0.164 e. The molecule has 0 bridgehead atoms. The van der Waals surface area contributed by atoms with E-state index in [4.69, 9.17) is 27.9 Å². The minimum atomic E-state index is 0.270. The number of nitrogens with zero attached hydrogens (tertiary/aromatic N) is 3. The lowest BCUT2D eigenvalue weighted by molar-refractivity contribution is 0.413. The Balaban J connectivity index is 2.36. The normalized spacial score (nSPS) is 10.9. The van der Waals surface area contributed by atoms with E-state index in [1.54, 1.807) is 19.4 Å². The fourth-order valence-electron chi connectivity index (χ4n) is 2.14. The second kappa shape index (κ2) is 5.31. The monoisotopic (exact) mass is 307 g/mol. The maximum absolute atomic E-state index is 6.09. The standard InChI is InChI=1S/C14H11Cl2N3O/c1-20-12-5-4-9(16)7-11(12)19-13(8-15)18-10-3-2-6-17-14(10)19/h2-7H,8H2,1H3. The molecule has 3 rings (SSSR count). The van der Waals surface area contributed by atoms with Crippen molar-refractivity contribution in [1.29, 1.82) is 0 Å². The number of benzene rings is 1. The number of hydrogen-bond acceptors (Lipinski definition) is 3. The lowest BCUT2D eigenvalue weighted by Crippen LogP contribution is -2.02. The first-order chi connectivity index (χ1) is 9.74. The zero-order valence-electron chi connectivity index (χ0n) is 10.7. The average Bonchev–Trinajstić information content (AvgIpc) is 2.85. The first kappa shape index (κ1) is 13.2. The van der Waals surface area contributed by atoms with Crippen molar-refractivity contribution in [2.24, 2.45) is 0 Å². The molecule has 102 valence electrons. The second-order valence-electron chi connectivity index (χ2n) is 4.16. The van der Waals surface area contributed by atoms with Gasteiger partial charge in [-0.3, -0.25) is 4.57 Å². The Morgan fingerprint density at radius 2 is 2.15 bits per heavy atom. The van der Waals surface area contributed by atoms with Crippen LogP contribution in [0.25, 0.3) is 16.9 Å². The number of alkyl halides is 1. The van der Waals surface area contributed by atoms with Gasteiger partial charge in [0.25, 0.3) is 0 Å². The molecular formula is C14H11Cl2N3O. The lowest BCUT2D eigenvalue weighted by Gasteiger charge is -2.12. The van der Waals surface area contributed by atoms with E-state index in [1.165, 1.54) is 0 Å². The Kier molecular flexibility index (Phi) is 3.51. The molecule has 0 aliphatic carbocycles. The highest BCUT2D eigenvalue weighted by Crippen LogP contribution is 2.30. The molecule has 0 aliphatic rings. The van der Waals surface area contributed by atoms with Crippen LogP contribution in [0.4, 0.5) is 0 Å². The lowest BCUT2D eigenvalue weighted by atomic mass is 10.3. The van der Waals surface area contributed by atoms with E-state index in [2.05, 4.69) is 9.97 Å². The smallest absolute Gasteiger partial charge is 0.164 e. The number of hydrogen-bond donors (Lipinski definition) is 0. The van der Waals surface area contributed by atoms with E-state index < -0.39 is 0 Å². The van der Waals surface area contributed by atoms with Gasteiger partial charge in [-0.1, -0.05) is 11.6 Å². The van der Waals surface area contributed by atoms with Gasteiger partial charge in [0, 0.05) is 11.2 Å². The van der Waals surface area contributed by atoms with Crippen molar-refractivity contribution >= 4 is 34.4 Å². The molecule has 0 amide bonds. The molecule has 6 heteroatoms. The molecule has 1 aromatic carbocycles. The molecule has 0 fully saturated rings. The zero-order valence-corrected chi connectivity index (χ0v) is 12.2. The molecule has 0 saturated carbocycles. The molecule has 4 nitrogen and oxygen atoms in total. The molecule has 3 aromatic rings. The molecule has 20 heavy (non-hydrogen) atoms. The van der Waals surface area contributed by atoms with E-state index in [9.17, 15) is 0 Å². The third-order valence-electron chi connectivity index (χ3n) is 2.99. The highest BCUT2D eigenvalue weighted by atomic mass is 35.5. The summed E-state index contributed by atoms with van der Waals surface area (Å²) in [7, 11) is 1.61. The molecule has 2 aromatic heterocycles. The van der Waals surface area contributed by atoms with Gasteiger partial charge < -0.3 is 4.74 Å². The summed E-state index contributed by atoms with van der Waals surface area (Å²) >= 11 is 12.1. The Morgan fingerprint density at radius 3 is 2.90 bits per heavy atom. The number of methoxy groups -OCH3 is 1. The zero-order chi connectivity index (χ0) is 14.1. The largest absolute Gasteiger partial charge is 0.495 e. The Labute approximate surface area is 125 Å². The fraction of sp³-hybridized carbons (Fsp3) is 0.143. The van der Waals surface area contributed by atoms with Crippen LogP contribution in [0, 0.1) is 0 Å². The van der Waals surface area contributed by atoms with Gasteiger partial charge in [0.15, 0.2) is 5.65 Å². The van der Waals surface area contributed by atoms with Crippen LogP contribution in [0.5, 0.6) is 5.75 Å². The van der Waals surface area contributed by atoms with E-state index in [1.807, 2.05) is 28.8 Å². The number of pyridine rings is 1. The van der Waals surface area contributed by atoms with Crippen molar-refractivity contribution < 1.29 is 4.74 Å². The van der Waals surface area contributed by atoms with Crippen LogP contribution < -0.4 is 4.74 Å². The summed E-state index contributed by atoms with van der Waals surface area (Å²) in [4.78, 5) is 8.86. The average molecular weight is 308 g/mol. The van der Waals surface area contributed by atoms with Gasteiger partial charge >= 0.3 is 0 Å². The van der Waals surface area contributed by atoms with Crippen LogP contribution in [0.1, 0.15) is 5.82 Å². The molecule has 2 heterocycles. The summed E-state index contributed by atoms with van der Waals surface area (Å²) in [5.74, 6) is 1.65. The van der Waals surface area contributed by atoms with Crippen LogP contribution >= 0.6 is 23.2 Å². The van der Waals surface area contributed by atoms with Crippen molar-refractivity contribution in [3.8, 4) is 11.4 Å². The highest BCUT2D eigenvalue weighted by Gasteiger charge is 2.16. The summed E-state index contributed by atoms with van der Waals surface area (Å²) in [5, 5.41) is 0.610. The first-order valence-electron chi connectivity index (χ1n) is 5.97. The topological polar surface area (TPSA) is 39.9 Å². The van der Waals surface area contributed by atoms with Gasteiger partial charge in [-0.25, -0.2) is 9.97 Å². The Hall–Kier alpha value is -1.78.